The van der Waals surface area contributed by atoms with E-state index in [-0.39, 0.29) is 0 Å². The summed E-state index contributed by atoms with van der Waals surface area (Å²) in [5.41, 5.74) is 1.11. The highest BCUT2D eigenvalue weighted by Crippen LogP contribution is 2.15. The molecule has 0 saturated heterocycles. The van der Waals surface area contributed by atoms with Crippen LogP contribution in [0.25, 0.3) is 0 Å². The fourth-order valence-electron chi connectivity index (χ4n) is 1.91. The van der Waals surface area contributed by atoms with Crippen molar-refractivity contribution in [1.29, 1.82) is 0 Å². The summed E-state index contributed by atoms with van der Waals surface area (Å²) in [5, 5.41) is 19.2. The zero-order valence-corrected chi connectivity index (χ0v) is 11.9. The molecule has 0 amide bonds. The van der Waals surface area contributed by atoms with Crippen LogP contribution in [0.5, 0.6) is 0 Å². The van der Waals surface area contributed by atoms with Gasteiger partial charge >= 0.3 is 0 Å². The molecule has 17 heavy (non-hydrogen) atoms. The molecule has 1 unspecified atom stereocenters. The van der Waals surface area contributed by atoms with Gasteiger partial charge in [-0.15, -0.1) is 0 Å². The molecule has 102 valence electrons. The topological polar surface area (TPSA) is 52.8 Å². The van der Waals surface area contributed by atoms with Gasteiger partial charge in [0.1, 0.15) is 6.04 Å². The molecule has 0 spiro atoms. The van der Waals surface area contributed by atoms with Crippen LogP contribution in [-0.2, 0) is 0 Å². The Morgan fingerprint density at radius 1 is 1.12 bits per heavy atom. The van der Waals surface area contributed by atoms with E-state index in [2.05, 4.69) is 18.8 Å². The van der Waals surface area contributed by atoms with E-state index >= 15 is 0 Å². The number of unbranched alkanes of at least 4 members (excludes halogenated alkanes) is 3. The minimum Gasteiger partial charge on any atom is -0.364 e. The van der Waals surface area contributed by atoms with Crippen LogP contribution in [0.4, 0.5) is 0 Å². The van der Waals surface area contributed by atoms with E-state index in [1.165, 1.54) is 26.2 Å². The van der Waals surface area contributed by atoms with Gasteiger partial charge in [0.25, 0.3) is 0 Å². The first kappa shape index (κ1) is 16.6. The van der Waals surface area contributed by atoms with E-state index < -0.39 is 11.8 Å². The number of rotatable bonds is 9. The molecule has 3 heteroatoms. The zero-order chi connectivity index (χ0) is 13.3. The summed E-state index contributed by atoms with van der Waals surface area (Å²) >= 11 is 0. The van der Waals surface area contributed by atoms with Gasteiger partial charge in [0, 0.05) is 5.71 Å². The van der Waals surface area contributed by atoms with Crippen LogP contribution in [0, 0.1) is 0 Å². The first-order valence-electron chi connectivity index (χ1n) is 6.95. The van der Waals surface area contributed by atoms with Crippen LogP contribution in [0.2, 0.25) is 0 Å². The third kappa shape index (κ3) is 7.50. The highest BCUT2D eigenvalue weighted by Gasteiger charge is 2.27. The van der Waals surface area contributed by atoms with Crippen molar-refractivity contribution in [2.45, 2.75) is 84.5 Å². The van der Waals surface area contributed by atoms with E-state index in [0.717, 1.165) is 25.0 Å². The number of aliphatic imine (C=N–C) groups is 1. The van der Waals surface area contributed by atoms with Crippen LogP contribution in [-0.4, -0.2) is 27.8 Å². The van der Waals surface area contributed by atoms with E-state index in [4.69, 9.17) is 0 Å². The second kappa shape index (κ2) is 8.65. The molecule has 0 radical (unpaired) electrons. The Morgan fingerprint density at radius 3 is 2.18 bits per heavy atom. The predicted octanol–water partition coefficient (Wildman–Crippen LogP) is 3.29. The standard InChI is InChI=1S/C14H29NO2/c1-5-8-9-10-11-12(6-2)15-13(7-3)14(4,16)17/h13,16-17H,5-11H2,1-4H3. The molecule has 2 N–H and O–H groups in total. The lowest BCUT2D eigenvalue weighted by molar-refractivity contribution is -0.160. The Morgan fingerprint density at radius 2 is 1.76 bits per heavy atom. The van der Waals surface area contributed by atoms with Crippen molar-refractivity contribution in [1.82, 2.24) is 0 Å². The van der Waals surface area contributed by atoms with E-state index in [1.807, 2.05) is 6.92 Å². The molecule has 0 heterocycles. The van der Waals surface area contributed by atoms with Crippen LogP contribution >= 0.6 is 0 Å². The predicted molar refractivity (Wildman–Crippen MR) is 73.4 cm³/mol. The lowest BCUT2D eigenvalue weighted by Gasteiger charge is -2.24. The molecular formula is C14H29NO2. The van der Waals surface area contributed by atoms with Crippen LogP contribution < -0.4 is 0 Å². The van der Waals surface area contributed by atoms with Crippen LogP contribution in [0.1, 0.15) is 72.6 Å². The van der Waals surface area contributed by atoms with Gasteiger partial charge in [-0.05, 0) is 32.6 Å². The highest BCUT2D eigenvalue weighted by atomic mass is 16.5. The molecule has 0 rings (SSSR count). The maximum atomic E-state index is 9.58. The molecule has 3 nitrogen and oxygen atoms in total. The second-order valence-electron chi connectivity index (χ2n) is 4.88. The molecule has 0 aliphatic carbocycles. The smallest absolute Gasteiger partial charge is 0.182 e. The van der Waals surface area contributed by atoms with Crippen molar-refractivity contribution in [3.8, 4) is 0 Å². The fraction of sp³-hybridized carbons (Fsp3) is 0.929. The van der Waals surface area contributed by atoms with Gasteiger partial charge in [0.2, 0.25) is 0 Å². The maximum Gasteiger partial charge on any atom is 0.182 e. The molecular weight excluding hydrogens is 214 g/mol. The Labute approximate surface area is 106 Å². The molecule has 1 atom stereocenters. The molecule has 0 aliphatic heterocycles. The van der Waals surface area contributed by atoms with Crippen molar-refractivity contribution in [2.75, 3.05) is 0 Å². The molecule has 0 aromatic heterocycles. The largest absolute Gasteiger partial charge is 0.364 e. The van der Waals surface area contributed by atoms with Crippen molar-refractivity contribution >= 4 is 5.71 Å². The first-order chi connectivity index (χ1) is 7.95. The summed E-state index contributed by atoms with van der Waals surface area (Å²) in [6.45, 7) is 7.63. The van der Waals surface area contributed by atoms with Crippen molar-refractivity contribution in [3.63, 3.8) is 0 Å². The second-order valence-corrected chi connectivity index (χ2v) is 4.88. The molecule has 0 aromatic carbocycles. The van der Waals surface area contributed by atoms with Crippen LogP contribution in [0.3, 0.4) is 0 Å². The van der Waals surface area contributed by atoms with Gasteiger partial charge in [-0.3, -0.25) is 4.99 Å². The molecule has 0 aromatic rings. The molecule has 0 saturated carbocycles. The molecule has 0 fully saturated rings. The third-order valence-electron chi connectivity index (χ3n) is 3.08. The van der Waals surface area contributed by atoms with Gasteiger partial charge < -0.3 is 10.2 Å². The zero-order valence-electron chi connectivity index (χ0n) is 11.9. The normalized spacial score (nSPS) is 15.1. The first-order valence-corrected chi connectivity index (χ1v) is 6.95. The Kier molecular flexibility index (Phi) is 8.44. The number of hydrogen-bond donors (Lipinski definition) is 2. The minimum atomic E-state index is -1.70. The van der Waals surface area contributed by atoms with Gasteiger partial charge in [0.05, 0.1) is 0 Å². The summed E-state index contributed by atoms with van der Waals surface area (Å²) in [6.07, 6.45) is 7.45. The third-order valence-corrected chi connectivity index (χ3v) is 3.08. The van der Waals surface area contributed by atoms with Crippen molar-refractivity contribution in [2.24, 2.45) is 4.99 Å². The summed E-state index contributed by atoms with van der Waals surface area (Å²) in [6, 6.07) is -0.399. The fourth-order valence-corrected chi connectivity index (χ4v) is 1.91. The van der Waals surface area contributed by atoms with E-state index in [0.29, 0.717) is 6.42 Å². The number of aliphatic hydroxyl groups is 2. The van der Waals surface area contributed by atoms with Gasteiger partial charge in [0.15, 0.2) is 5.79 Å². The van der Waals surface area contributed by atoms with Gasteiger partial charge in [-0.2, -0.15) is 0 Å². The van der Waals surface area contributed by atoms with Gasteiger partial charge in [-0.25, -0.2) is 0 Å². The number of nitrogens with zero attached hydrogens (tertiary/aromatic N) is 1. The van der Waals surface area contributed by atoms with Gasteiger partial charge in [-0.1, -0.05) is 40.0 Å². The summed E-state index contributed by atoms with van der Waals surface area (Å²) in [7, 11) is 0. The summed E-state index contributed by atoms with van der Waals surface area (Å²) in [5.74, 6) is -1.70. The average Bonchev–Trinajstić information content (AvgIpc) is 2.26. The average molecular weight is 243 g/mol. The van der Waals surface area contributed by atoms with E-state index in [1.54, 1.807) is 0 Å². The van der Waals surface area contributed by atoms with Crippen LogP contribution in [0.15, 0.2) is 4.99 Å². The summed E-state index contributed by atoms with van der Waals surface area (Å²) in [4.78, 5) is 4.50. The Bertz CT molecular complexity index is 219. The minimum absolute atomic E-state index is 0.399. The van der Waals surface area contributed by atoms with Crippen molar-refractivity contribution < 1.29 is 10.2 Å². The summed E-state index contributed by atoms with van der Waals surface area (Å²) < 4.78 is 0. The highest BCUT2D eigenvalue weighted by molar-refractivity contribution is 5.84. The SMILES string of the molecule is CCCCCCC(CC)=NC(CC)C(C)(O)O. The monoisotopic (exact) mass is 243 g/mol. The molecule has 0 aliphatic rings. The Hall–Kier alpha value is -0.410. The number of hydrogen-bond acceptors (Lipinski definition) is 3. The molecule has 0 bridgehead atoms. The maximum absolute atomic E-state index is 9.58. The van der Waals surface area contributed by atoms with Crippen molar-refractivity contribution in [3.05, 3.63) is 0 Å². The lowest BCUT2D eigenvalue weighted by atomic mass is 10.0. The Balaban J connectivity index is 4.31. The lowest BCUT2D eigenvalue weighted by Crippen LogP contribution is -2.37. The quantitative estimate of drug-likeness (QED) is 0.371. The van der Waals surface area contributed by atoms with E-state index in [9.17, 15) is 10.2 Å².